The molecule has 0 aromatic rings. The van der Waals surface area contributed by atoms with Crippen LogP contribution in [0.15, 0.2) is 11.6 Å². The van der Waals surface area contributed by atoms with Gasteiger partial charge in [-0.1, -0.05) is 39.3 Å². The molecular formula is C35H54O11. The molecule has 1 saturated heterocycles. The van der Waals surface area contributed by atoms with Gasteiger partial charge >= 0.3 is 11.9 Å². The SMILES string of the molecule is C[C@]1(C(=O)O)CC[C@]2(C(=O)O)CC[C@]3(C)C(=CC[C@@H]4[C@@]5(C)C[C@H](O)[C@H](O[C@@H]6OC[C@@H](O)[C@H](O)[C@H]6O)[C@@](C)(CO)[C@@H]5CC[C@]43C)[C@H]2C1. The van der Waals surface area contributed by atoms with Gasteiger partial charge in [0.1, 0.15) is 18.3 Å². The third-order valence-corrected chi connectivity index (χ3v) is 15.1. The average Bonchev–Trinajstić information content (AvgIpc) is 2.99. The zero-order chi connectivity index (χ0) is 33.8. The van der Waals surface area contributed by atoms with Gasteiger partial charge in [-0.2, -0.15) is 0 Å². The van der Waals surface area contributed by atoms with Crippen LogP contribution in [-0.2, 0) is 19.1 Å². The highest BCUT2D eigenvalue weighted by Gasteiger charge is 2.71. The standard InChI is InChI=1S/C35H54O11/c1-30(28(41)42)10-12-35(29(43)44)13-11-33(4)18(19(35)14-30)6-7-23-31(2)15-20(37)26(46-27-25(40)24(39)21(38)16-45-27)32(3,17-36)22(31)8-9-34(23,33)5/h6,19-27,36-40H,7-17H2,1-5H3,(H,41,42)(H,43,44)/t19-,20+,21-,22-,23-,24+,25-,26+,27+,30+,31+,32+,33-,34-,35+/m1/s1. The predicted molar refractivity (Wildman–Crippen MR) is 164 cm³/mol. The van der Waals surface area contributed by atoms with Crippen molar-refractivity contribution >= 4 is 11.9 Å². The molecule has 46 heavy (non-hydrogen) atoms. The molecule has 6 rings (SSSR count). The molecule has 1 heterocycles. The maximum atomic E-state index is 13.0. The van der Waals surface area contributed by atoms with Gasteiger partial charge in [-0.15, -0.1) is 0 Å². The number of aliphatic hydroxyl groups excluding tert-OH is 5. The molecule has 11 heteroatoms. The normalized spacial score (nSPS) is 55.2. The van der Waals surface area contributed by atoms with E-state index in [-0.39, 0.29) is 41.8 Å². The Balaban J connectivity index is 1.35. The zero-order valence-electron chi connectivity index (χ0n) is 27.8. The Morgan fingerprint density at radius 1 is 0.870 bits per heavy atom. The van der Waals surface area contributed by atoms with Gasteiger partial charge in [-0.05, 0) is 98.7 Å². The Hall–Kier alpha value is -1.60. The summed E-state index contributed by atoms with van der Waals surface area (Å²) in [4.78, 5) is 25.4. The Morgan fingerprint density at radius 2 is 1.54 bits per heavy atom. The van der Waals surface area contributed by atoms with Crippen molar-refractivity contribution in [1.82, 2.24) is 0 Å². The number of hydrogen-bond donors (Lipinski definition) is 7. The molecule has 11 nitrogen and oxygen atoms in total. The minimum absolute atomic E-state index is 0.0713. The second-order valence-electron chi connectivity index (χ2n) is 17.1. The van der Waals surface area contributed by atoms with E-state index in [1.807, 2.05) is 6.92 Å². The Morgan fingerprint density at radius 3 is 2.17 bits per heavy atom. The number of allylic oxidation sites excluding steroid dienone is 2. The van der Waals surface area contributed by atoms with Crippen molar-refractivity contribution in [2.75, 3.05) is 13.2 Å². The molecule has 7 N–H and O–H groups in total. The van der Waals surface area contributed by atoms with Crippen LogP contribution in [0.1, 0.15) is 92.4 Å². The summed E-state index contributed by atoms with van der Waals surface area (Å²) < 4.78 is 11.7. The molecule has 4 saturated carbocycles. The maximum absolute atomic E-state index is 13.0. The molecule has 1 aliphatic heterocycles. The van der Waals surface area contributed by atoms with E-state index in [9.17, 15) is 45.3 Å². The van der Waals surface area contributed by atoms with E-state index in [2.05, 4.69) is 26.8 Å². The molecular weight excluding hydrogens is 596 g/mol. The molecule has 260 valence electrons. The monoisotopic (exact) mass is 650 g/mol. The Kier molecular flexibility index (Phi) is 8.16. The molecule has 0 amide bonds. The van der Waals surface area contributed by atoms with Crippen molar-refractivity contribution in [3.63, 3.8) is 0 Å². The molecule has 5 aliphatic carbocycles. The van der Waals surface area contributed by atoms with E-state index in [4.69, 9.17) is 9.47 Å². The topological polar surface area (TPSA) is 194 Å². The fourth-order valence-corrected chi connectivity index (χ4v) is 12.1. The van der Waals surface area contributed by atoms with Crippen molar-refractivity contribution < 1.29 is 54.8 Å². The van der Waals surface area contributed by atoms with Gasteiger partial charge in [0, 0.05) is 5.41 Å². The van der Waals surface area contributed by atoms with Crippen LogP contribution in [0, 0.1) is 50.2 Å². The van der Waals surface area contributed by atoms with Crippen LogP contribution < -0.4 is 0 Å². The van der Waals surface area contributed by atoms with E-state index < -0.39 is 70.4 Å². The number of hydrogen-bond acceptors (Lipinski definition) is 9. The first kappa shape index (κ1) is 34.3. The van der Waals surface area contributed by atoms with Crippen LogP contribution in [-0.4, -0.2) is 97.7 Å². The van der Waals surface area contributed by atoms with Crippen molar-refractivity contribution in [3.05, 3.63) is 11.6 Å². The Labute approximate surface area is 271 Å². The first-order chi connectivity index (χ1) is 21.3. The van der Waals surface area contributed by atoms with Crippen molar-refractivity contribution in [2.24, 2.45) is 50.2 Å². The summed E-state index contributed by atoms with van der Waals surface area (Å²) in [6.07, 6.45) is -0.432. The molecule has 6 aliphatic rings. The summed E-state index contributed by atoms with van der Waals surface area (Å²) in [5.41, 5.74) is -2.84. The van der Waals surface area contributed by atoms with E-state index in [1.54, 1.807) is 6.92 Å². The largest absolute Gasteiger partial charge is 0.481 e. The molecule has 5 fully saturated rings. The smallest absolute Gasteiger partial charge is 0.310 e. The molecule has 0 bridgehead atoms. The van der Waals surface area contributed by atoms with Crippen molar-refractivity contribution in [2.45, 2.75) is 129 Å². The third-order valence-electron chi connectivity index (χ3n) is 15.1. The molecule has 0 spiro atoms. The van der Waals surface area contributed by atoms with E-state index in [0.717, 1.165) is 18.4 Å². The minimum Gasteiger partial charge on any atom is -0.481 e. The van der Waals surface area contributed by atoms with Gasteiger partial charge in [0.25, 0.3) is 0 Å². The summed E-state index contributed by atoms with van der Waals surface area (Å²) in [5.74, 6) is -2.05. The molecule has 0 unspecified atom stereocenters. The van der Waals surface area contributed by atoms with Crippen LogP contribution in [0.2, 0.25) is 0 Å². The second-order valence-corrected chi connectivity index (χ2v) is 17.1. The number of carbonyl (C=O) groups is 2. The molecule has 0 radical (unpaired) electrons. The van der Waals surface area contributed by atoms with Crippen molar-refractivity contribution in [1.29, 1.82) is 0 Å². The summed E-state index contributed by atoms with van der Waals surface area (Å²) in [7, 11) is 0. The van der Waals surface area contributed by atoms with Gasteiger partial charge in [0.05, 0.1) is 36.3 Å². The summed E-state index contributed by atoms with van der Waals surface area (Å²) in [5, 5.41) is 74.3. The van der Waals surface area contributed by atoms with E-state index in [1.165, 1.54) is 0 Å². The second kappa shape index (κ2) is 11.0. The zero-order valence-corrected chi connectivity index (χ0v) is 27.8. The minimum atomic E-state index is -1.52. The van der Waals surface area contributed by atoms with Crippen molar-refractivity contribution in [3.8, 4) is 0 Å². The fraction of sp³-hybridized carbons (Fsp3) is 0.886. The van der Waals surface area contributed by atoms with Crippen LogP contribution in [0.3, 0.4) is 0 Å². The molecule has 0 aromatic carbocycles. The van der Waals surface area contributed by atoms with Crippen LogP contribution in [0.5, 0.6) is 0 Å². The first-order valence-electron chi connectivity index (χ1n) is 17.1. The number of aliphatic carboxylic acids is 2. The lowest BCUT2D eigenvalue weighted by molar-refractivity contribution is -0.328. The van der Waals surface area contributed by atoms with Gasteiger partial charge in [0.2, 0.25) is 0 Å². The summed E-state index contributed by atoms with van der Waals surface area (Å²) >= 11 is 0. The van der Waals surface area contributed by atoms with Gasteiger partial charge in [-0.3, -0.25) is 9.59 Å². The van der Waals surface area contributed by atoms with Crippen LogP contribution in [0.4, 0.5) is 0 Å². The maximum Gasteiger partial charge on any atom is 0.310 e. The highest BCUT2D eigenvalue weighted by molar-refractivity contribution is 5.79. The quantitative estimate of drug-likeness (QED) is 0.171. The lowest BCUT2D eigenvalue weighted by Gasteiger charge is -2.71. The lowest BCUT2D eigenvalue weighted by atomic mass is 9.33. The lowest BCUT2D eigenvalue weighted by Crippen LogP contribution is -2.69. The number of fused-ring (bicyclic) bond motifs is 7. The number of aliphatic hydroxyl groups is 5. The first-order valence-corrected chi connectivity index (χ1v) is 17.1. The van der Waals surface area contributed by atoms with Crippen LogP contribution >= 0.6 is 0 Å². The molecule has 0 aromatic heterocycles. The highest BCUT2D eigenvalue weighted by atomic mass is 16.7. The van der Waals surface area contributed by atoms with Gasteiger partial charge in [0.15, 0.2) is 6.29 Å². The average molecular weight is 651 g/mol. The number of ether oxygens (including phenoxy) is 2. The predicted octanol–water partition coefficient (Wildman–Crippen LogP) is 2.70. The fourth-order valence-electron chi connectivity index (χ4n) is 12.1. The number of carboxylic acid groups (broad SMARTS) is 2. The van der Waals surface area contributed by atoms with Gasteiger partial charge in [-0.25, -0.2) is 0 Å². The summed E-state index contributed by atoms with van der Waals surface area (Å²) in [6, 6.07) is 0. The Bertz CT molecular complexity index is 1290. The van der Waals surface area contributed by atoms with Gasteiger partial charge < -0.3 is 45.2 Å². The van der Waals surface area contributed by atoms with E-state index in [0.29, 0.717) is 44.9 Å². The van der Waals surface area contributed by atoms with Crippen LogP contribution in [0.25, 0.3) is 0 Å². The third kappa shape index (κ3) is 4.41. The number of rotatable bonds is 5. The molecule has 15 atom stereocenters. The summed E-state index contributed by atoms with van der Waals surface area (Å²) in [6.45, 7) is 9.93. The highest BCUT2D eigenvalue weighted by Crippen LogP contribution is 2.76. The van der Waals surface area contributed by atoms with E-state index >= 15 is 0 Å². The number of carboxylic acids is 2.